The van der Waals surface area contributed by atoms with Gasteiger partial charge in [-0.2, -0.15) is 0 Å². The highest BCUT2D eigenvalue weighted by Crippen LogP contribution is 2.10. The smallest absolute Gasteiger partial charge is 0.191 e. The van der Waals surface area contributed by atoms with Crippen molar-refractivity contribution >= 4 is 11.6 Å². The van der Waals surface area contributed by atoms with Crippen molar-refractivity contribution in [3.63, 3.8) is 0 Å². The van der Waals surface area contributed by atoms with Gasteiger partial charge in [0.05, 0.1) is 6.26 Å². The molecule has 0 saturated heterocycles. The minimum atomic E-state index is 0.499. The summed E-state index contributed by atoms with van der Waals surface area (Å²) >= 11 is 0. The van der Waals surface area contributed by atoms with Crippen LogP contribution in [-0.4, -0.2) is 47.4 Å². The highest BCUT2D eigenvalue weighted by Gasteiger charge is 2.04. The van der Waals surface area contributed by atoms with E-state index in [2.05, 4.69) is 73.5 Å². The van der Waals surface area contributed by atoms with Crippen molar-refractivity contribution in [2.24, 2.45) is 4.99 Å². The van der Waals surface area contributed by atoms with E-state index in [9.17, 15) is 0 Å². The van der Waals surface area contributed by atoms with E-state index in [0.717, 1.165) is 56.6 Å². The summed E-state index contributed by atoms with van der Waals surface area (Å²) in [6, 6.07) is 14.2. The molecule has 0 aliphatic rings. The quantitative estimate of drug-likeness (QED) is 0.288. The van der Waals surface area contributed by atoms with Crippen LogP contribution in [0.25, 0.3) is 0 Å². The molecule has 0 atom stereocenters. The van der Waals surface area contributed by atoms with Gasteiger partial charge in [-0.15, -0.1) is 10.2 Å². The number of nitrogens with one attached hydrogen (secondary N) is 2. The summed E-state index contributed by atoms with van der Waals surface area (Å²) < 4.78 is 7.46. The van der Waals surface area contributed by atoms with Crippen LogP contribution in [0.1, 0.15) is 24.9 Å². The Morgan fingerprint density at radius 3 is 2.73 bits per heavy atom. The summed E-state index contributed by atoms with van der Waals surface area (Å²) in [5, 5.41) is 14.9. The fraction of sp³-hybridized carbons (Fsp3) is 0.409. The van der Waals surface area contributed by atoms with Crippen molar-refractivity contribution in [1.82, 2.24) is 25.4 Å². The first-order valence-electron chi connectivity index (χ1n) is 10.4. The Labute approximate surface area is 178 Å². The number of guanidine groups is 1. The maximum absolute atomic E-state index is 5.39. The molecule has 3 rings (SSSR count). The molecule has 3 aromatic rings. The van der Waals surface area contributed by atoms with Crippen LogP contribution in [0.3, 0.4) is 0 Å². The lowest BCUT2D eigenvalue weighted by molar-refractivity contribution is 0.511. The van der Waals surface area contributed by atoms with Crippen LogP contribution in [0.15, 0.2) is 64.5 Å². The Morgan fingerprint density at radius 1 is 1.13 bits per heavy atom. The van der Waals surface area contributed by atoms with Gasteiger partial charge in [-0.25, -0.2) is 4.99 Å². The zero-order chi connectivity index (χ0) is 21.0. The second-order valence-corrected chi connectivity index (χ2v) is 7.00. The molecule has 2 aromatic heterocycles. The topological polar surface area (TPSA) is 83.5 Å². The number of hydrogen-bond donors (Lipinski definition) is 2. The Balaban J connectivity index is 1.47. The van der Waals surface area contributed by atoms with Gasteiger partial charge in [-0.1, -0.05) is 25.1 Å². The predicted octanol–water partition coefficient (Wildman–Crippen LogP) is 2.70. The predicted molar refractivity (Wildman–Crippen MR) is 120 cm³/mol. The number of furan rings is 1. The zero-order valence-electron chi connectivity index (χ0n) is 17.8. The maximum atomic E-state index is 5.39. The molecule has 30 heavy (non-hydrogen) atoms. The number of para-hydroxylation sites is 1. The van der Waals surface area contributed by atoms with Crippen LogP contribution in [0, 0.1) is 0 Å². The van der Waals surface area contributed by atoms with Crippen molar-refractivity contribution in [1.29, 1.82) is 0 Å². The highest BCUT2D eigenvalue weighted by molar-refractivity contribution is 5.79. The molecule has 0 amide bonds. The van der Waals surface area contributed by atoms with Crippen molar-refractivity contribution < 1.29 is 4.42 Å². The van der Waals surface area contributed by atoms with Gasteiger partial charge in [-0.3, -0.25) is 0 Å². The van der Waals surface area contributed by atoms with E-state index in [1.54, 1.807) is 12.6 Å². The molecule has 0 aliphatic carbocycles. The third-order valence-electron chi connectivity index (χ3n) is 4.79. The average molecular weight is 410 g/mol. The maximum Gasteiger partial charge on any atom is 0.191 e. The van der Waals surface area contributed by atoms with Crippen LogP contribution in [-0.2, 0) is 19.5 Å². The molecule has 0 spiro atoms. The molecule has 0 radical (unpaired) electrons. The third-order valence-corrected chi connectivity index (χ3v) is 4.79. The molecule has 0 bridgehead atoms. The molecule has 160 valence electrons. The molecular weight excluding hydrogens is 378 g/mol. The van der Waals surface area contributed by atoms with Gasteiger partial charge in [0, 0.05) is 45.3 Å². The Hall–Kier alpha value is -3.29. The number of aliphatic imine (C=N–C) groups is 1. The van der Waals surface area contributed by atoms with Gasteiger partial charge in [0.1, 0.15) is 24.5 Å². The van der Waals surface area contributed by atoms with E-state index in [1.165, 1.54) is 5.69 Å². The first-order valence-corrected chi connectivity index (χ1v) is 10.4. The first kappa shape index (κ1) is 21.4. The molecule has 0 aliphatic heterocycles. The second-order valence-electron chi connectivity index (χ2n) is 7.00. The lowest BCUT2D eigenvalue weighted by Crippen LogP contribution is -2.40. The van der Waals surface area contributed by atoms with E-state index >= 15 is 0 Å². The lowest BCUT2D eigenvalue weighted by atomic mass is 10.3. The number of nitrogens with zero attached hydrogens (tertiary/aromatic N) is 5. The van der Waals surface area contributed by atoms with Crippen LogP contribution in [0.5, 0.6) is 0 Å². The van der Waals surface area contributed by atoms with Crippen molar-refractivity contribution in [2.75, 3.05) is 31.6 Å². The minimum Gasteiger partial charge on any atom is -0.467 e. The molecule has 2 heterocycles. The number of aromatic nitrogens is 3. The molecule has 0 saturated carbocycles. The summed E-state index contributed by atoms with van der Waals surface area (Å²) in [4.78, 5) is 6.91. The summed E-state index contributed by atoms with van der Waals surface area (Å²) in [6.07, 6.45) is 5.31. The number of hydrogen-bond acceptors (Lipinski definition) is 5. The van der Waals surface area contributed by atoms with Crippen LogP contribution in [0.2, 0.25) is 0 Å². The Bertz CT molecular complexity index is 874. The van der Waals surface area contributed by atoms with Crippen LogP contribution >= 0.6 is 0 Å². The van der Waals surface area contributed by atoms with Crippen LogP contribution < -0.4 is 15.5 Å². The number of benzene rings is 1. The second kappa shape index (κ2) is 11.6. The fourth-order valence-corrected chi connectivity index (χ4v) is 3.10. The largest absolute Gasteiger partial charge is 0.467 e. The van der Waals surface area contributed by atoms with Crippen molar-refractivity contribution in [3.05, 3.63) is 66.6 Å². The third kappa shape index (κ3) is 6.65. The summed E-state index contributed by atoms with van der Waals surface area (Å²) in [5.74, 6) is 2.61. The molecule has 8 nitrogen and oxygen atoms in total. The molecule has 2 N–H and O–H groups in total. The van der Waals surface area contributed by atoms with Gasteiger partial charge in [-0.05, 0) is 30.7 Å². The first-order chi connectivity index (χ1) is 14.8. The van der Waals surface area contributed by atoms with Gasteiger partial charge in [0.25, 0.3) is 0 Å². The van der Waals surface area contributed by atoms with E-state index in [0.29, 0.717) is 6.54 Å². The van der Waals surface area contributed by atoms with E-state index in [1.807, 2.05) is 18.2 Å². The Kier molecular flexibility index (Phi) is 8.32. The molecule has 0 fully saturated rings. The summed E-state index contributed by atoms with van der Waals surface area (Å²) in [7, 11) is 2.12. The van der Waals surface area contributed by atoms with Gasteiger partial charge in [0.15, 0.2) is 5.96 Å². The molecule has 1 aromatic carbocycles. The van der Waals surface area contributed by atoms with Gasteiger partial charge >= 0.3 is 0 Å². The summed E-state index contributed by atoms with van der Waals surface area (Å²) in [6.45, 7) is 5.89. The van der Waals surface area contributed by atoms with Gasteiger partial charge in [0.2, 0.25) is 0 Å². The lowest BCUT2D eigenvalue weighted by Gasteiger charge is -2.20. The highest BCUT2D eigenvalue weighted by atomic mass is 16.3. The molecule has 0 unspecified atom stereocenters. The van der Waals surface area contributed by atoms with Crippen molar-refractivity contribution in [3.8, 4) is 0 Å². The average Bonchev–Trinajstić information content (AvgIpc) is 3.46. The SMILES string of the molecule is CCc1nncn1CCNC(=NCc1ccco1)NCCCN(C)c1ccccc1. The van der Waals surface area contributed by atoms with Gasteiger partial charge < -0.3 is 24.5 Å². The standard InChI is InChI=1S/C22H31N7O/c1-3-21-27-26-18-29(21)15-13-24-22(25-17-20-11-7-16-30-20)23-12-8-14-28(2)19-9-5-4-6-10-19/h4-7,9-11,16,18H,3,8,12-15,17H2,1-2H3,(H2,23,24,25). The monoisotopic (exact) mass is 409 g/mol. The van der Waals surface area contributed by atoms with Crippen LogP contribution in [0.4, 0.5) is 5.69 Å². The molecule has 8 heteroatoms. The zero-order valence-corrected chi connectivity index (χ0v) is 17.8. The number of aryl methyl sites for hydroxylation is 1. The number of rotatable bonds is 11. The van der Waals surface area contributed by atoms with E-state index < -0.39 is 0 Å². The normalized spacial score (nSPS) is 11.5. The minimum absolute atomic E-state index is 0.499. The molecular formula is C22H31N7O. The Morgan fingerprint density at radius 2 is 1.97 bits per heavy atom. The summed E-state index contributed by atoms with van der Waals surface area (Å²) in [5.41, 5.74) is 1.23. The van der Waals surface area contributed by atoms with E-state index in [-0.39, 0.29) is 0 Å². The van der Waals surface area contributed by atoms with Crippen molar-refractivity contribution in [2.45, 2.75) is 32.9 Å². The van der Waals surface area contributed by atoms with E-state index in [4.69, 9.17) is 4.42 Å². The fourth-order valence-electron chi connectivity index (χ4n) is 3.10. The number of anilines is 1.